The van der Waals surface area contributed by atoms with E-state index in [4.69, 9.17) is 4.74 Å². The number of anilines is 1. The molecule has 0 aliphatic rings. The maximum atomic E-state index is 12.3. The molecule has 7 nitrogen and oxygen atoms in total. The minimum absolute atomic E-state index is 0.0105. The van der Waals surface area contributed by atoms with E-state index in [2.05, 4.69) is 16.0 Å². The van der Waals surface area contributed by atoms with Gasteiger partial charge in [-0.1, -0.05) is 30.3 Å². The van der Waals surface area contributed by atoms with Crippen LogP contribution in [0.5, 0.6) is 5.75 Å². The first-order valence-corrected chi connectivity index (χ1v) is 9.51. The van der Waals surface area contributed by atoms with Gasteiger partial charge in [-0.15, -0.1) is 0 Å². The van der Waals surface area contributed by atoms with E-state index >= 15 is 0 Å². The maximum Gasteiger partial charge on any atom is 0.313 e. The molecule has 0 fully saturated rings. The van der Waals surface area contributed by atoms with Gasteiger partial charge in [0.1, 0.15) is 5.75 Å². The fourth-order valence-corrected chi connectivity index (χ4v) is 2.58. The van der Waals surface area contributed by atoms with Gasteiger partial charge in [-0.05, 0) is 45.9 Å². The number of amides is 3. The fraction of sp³-hybridized carbons (Fsp3) is 0.318. The van der Waals surface area contributed by atoms with Gasteiger partial charge in [0.15, 0.2) is 0 Å². The first kappa shape index (κ1) is 21.9. The van der Waals surface area contributed by atoms with Crippen LogP contribution in [0.15, 0.2) is 48.5 Å². The van der Waals surface area contributed by atoms with E-state index in [0.717, 1.165) is 5.56 Å². The molecule has 0 saturated carbocycles. The number of ether oxygens (including phenoxy) is 1. The van der Waals surface area contributed by atoms with E-state index < -0.39 is 11.8 Å². The average Bonchev–Trinajstić information content (AvgIpc) is 2.66. The molecule has 2 aromatic carbocycles. The summed E-state index contributed by atoms with van der Waals surface area (Å²) in [4.78, 5) is 36.8. The Hall–Kier alpha value is -3.35. The molecule has 0 saturated heterocycles. The van der Waals surface area contributed by atoms with Crippen molar-refractivity contribution in [2.45, 2.75) is 46.4 Å². The van der Waals surface area contributed by atoms with Crippen molar-refractivity contribution in [3.8, 4) is 5.75 Å². The van der Waals surface area contributed by atoms with E-state index in [1.54, 1.807) is 24.3 Å². The summed E-state index contributed by atoms with van der Waals surface area (Å²) in [6.07, 6.45) is -0.0105. The van der Waals surface area contributed by atoms with Crippen molar-refractivity contribution in [2.75, 3.05) is 5.32 Å². The van der Waals surface area contributed by atoms with Crippen molar-refractivity contribution < 1.29 is 19.1 Å². The zero-order valence-electron chi connectivity index (χ0n) is 17.1. The summed E-state index contributed by atoms with van der Waals surface area (Å²) < 4.78 is 5.71. The Labute approximate surface area is 170 Å². The molecule has 3 N–H and O–H groups in total. The number of hydrogen-bond donors (Lipinski definition) is 3. The molecule has 0 aromatic heterocycles. The van der Waals surface area contributed by atoms with Gasteiger partial charge < -0.3 is 20.7 Å². The fourth-order valence-electron chi connectivity index (χ4n) is 2.58. The lowest BCUT2D eigenvalue weighted by Gasteiger charge is -2.15. The molecule has 0 unspecified atom stereocenters. The SMILES string of the molecule is CC(C)NC(=O)c1ccccc1NC(=O)C(=O)NCc1ccccc1OC(C)C. The topological polar surface area (TPSA) is 96.5 Å². The highest BCUT2D eigenvalue weighted by atomic mass is 16.5. The van der Waals surface area contributed by atoms with Gasteiger partial charge in [0.05, 0.1) is 17.4 Å². The third kappa shape index (κ3) is 6.64. The Kier molecular flexibility index (Phi) is 7.77. The Balaban J connectivity index is 2.02. The zero-order chi connectivity index (χ0) is 21.4. The Bertz CT molecular complexity index is 878. The Morgan fingerprint density at radius 2 is 1.55 bits per heavy atom. The summed E-state index contributed by atoms with van der Waals surface area (Å²) in [5.74, 6) is -1.32. The van der Waals surface area contributed by atoms with E-state index in [0.29, 0.717) is 5.75 Å². The molecule has 0 aliphatic heterocycles. The van der Waals surface area contributed by atoms with Crippen molar-refractivity contribution >= 4 is 23.4 Å². The predicted octanol–water partition coefficient (Wildman–Crippen LogP) is 2.87. The van der Waals surface area contributed by atoms with Crippen LogP contribution in [0.25, 0.3) is 0 Å². The summed E-state index contributed by atoms with van der Waals surface area (Å²) in [5, 5.41) is 7.85. The van der Waals surface area contributed by atoms with Crippen molar-refractivity contribution in [3.63, 3.8) is 0 Å². The zero-order valence-corrected chi connectivity index (χ0v) is 17.1. The number of benzene rings is 2. The second-order valence-electron chi connectivity index (χ2n) is 7.08. The van der Waals surface area contributed by atoms with E-state index in [1.165, 1.54) is 0 Å². The maximum absolute atomic E-state index is 12.3. The number of nitrogens with one attached hydrogen (secondary N) is 3. The lowest BCUT2D eigenvalue weighted by atomic mass is 10.1. The highest BCUT2D eigenvalue weighted by molar-refractivity contribution is 6.40. The summed E-state index contributed by atoms with van der Waals surface area (Å²) in [6, 6.07) is 13.8. The van der Waals surface area contributed by atoms with Crippen LogP contribution in [0.3, 0.4) is 0 Å². The average molecular weight is 397 g/mol. The lowest BCUT2D eigenvalue weighted by Crippen LogP contribution is -2.36. The van der Waals surface area contributed by atoms with Gasteiger partial charge in [0.2, 0.25) is 0 Å². The molecular weight excluding hydrogens is 370 g/mol. The molecule has 0 radical (unpaired) electrons. The third-order valence-electron chi connectivity index (χ3n) is 3.82. The Morgan fingerprint density at radius 1 is 0.897 bits per heavy atom. The van der Waals surface area contributed by atoms with Gasteiger partial charge in [-0.3, -0.25) is 14.4 Å². The standard InChI is InChI=1S/C22H27N3O4/c1-14(2)24-20(26)17-10-6-7-11-18(17)25-22(28)21(27)23-13-16-9-5-8-12-19(16)29-15(3)4/h5-12,14-15H,13H2,1-4H3,(H,23,27)(H,24,26)(H,25,28). The number of carbonyl (C=O) groups is 3. The largest absolute Gasteiger partial charge is 0.491 e. The van der Waals surface area contributed by atoms with Gasteiger partial charge in [-0.25, -0.2) is 0 Å². The summed E-state index contributed by atoms with van der Waals surface area (Å²) in [5.41, 5.74) is 1.33. The highest BCUT2D eigenvalue weighted by Gasteiger charge is 2.18. The number of para-hydroxylation sites is 2. The van der Waals surface area contributed by atoms with Crippen LogP contribution in [0.1, 0.15) is 43.6 Å². The molecule has 0 heterocycles. The van der Waals surface area contributed by atoms with E-state index in [-0.39, 0.29) is 35.8 Å². The second-order valence-corrected chi connectivity index (χ2v) is 7.08. The molecule has 0 spiro atoms. The molecule has 7 heteroatoms. The molecule has 2 aromatic rings. The van der Waals surface area contributed by atoms with Gasteiger partial charge in [-0.2, -0.15) is 0 Å². The van der Waals surface area contributed by atoms with Gasteiger partial charge in [0, 0.05) is 18.2 Å². The third-order valence-corrected chi connectivity index (χ3v) is 3.82. The molecule has 0 atom stereocenters. The van der Waals surface area contributed by atoms with E-state index in [9.17, 15) is 14.4 Å². The summed E-state index contributed by atoms with van der Waals surface area (Å²) >= 11 is 0. The van der Waals surface area contributed by atoms with Crippen molar-refractivity contribution in [3.05, 3.63) is 59.7 Å². The van der Waals surface area contributed by atoms with Crippen LogP contribution in [-0.4, -0.2) is 29.9 Å². The lowest BCUT2D eigenvalue weighted by molar-refractivity contribution is -0.136. The van der Waals surface area contributed by atoms with Crippen molar-refractivity contribution in [1.82, 2.24) is 10.6 Å². The summed E-state index contributed by atoms with van der Waals surface area (Å²) in [6.45, 7) is 7.65. The van der Waals surface area contributed by atoms with Crippen molar-refractivity contribution in [1.29, 1.82) is 0 Å². The molecular formula is C22H27N3O4. The summed E-state index contributed by atoms with van der Waals surface area (Å²) in [7, 11) is 0. The normalized spacial score (nSPS) is 10.6. The van der Waals surface area contributed by atoms with Crippen LogP contribution in [0.4, 0.5) is 5.69 Å². The van der Waals surface area contributed by atoms with Crippen LogP contribution < -0.4 is 20.7 Å². The first-order valence-electron chi connectivity index (χ1n) is 9.51. The molecule has 29 heavy (non-hydrogen) atoms. The number of hydrogen-bond acceptors (Lipinski definition) is 4. The number of carbonyl (C=O) groups excluding carboxylic acids is 3. The van der Waals surface area contributed by atoms with E-state index in [1.807, 2.05) is 52.0 Å². The van der Waals surface area contributed by atoms with Crippen LogP contribution in [0.2, 0.25) is 0 Å². The predicted molar refractivity (Wildman–Crippen MR) is 112 cm³/mol. The monoisotopic (exact) mass is 397 g/mol. The second kappa shape index (κ2) is 10.3. The minimum Gasteiger partial charge on any atom is -0.491 e. The minimum atomic E-state index is -0.850. The molecule has 0 bridgehead atoms. The van der Waals surface area contributed by atoms with Crippen molar-refractivity contribution in [2.24, 2.45) is 0 Å². The molecule has 0 aliphatic carbocycles. The quantitative estimate of drug-likeness (QED) is 0.626. The molecule has 2 rings (SSSR count). The highest BCUT2D eigenvalue weighted by Crippen LogP contribution is 2.19. The van der Waals surface area contributed by atoms with Gasteiger partial charge in [0.25, 0.3) is 5.91 Å². The smallest absolute Gasteiger partial charge is 0.313 e. The number of rotatable bonds is 7. The Morgan fingerprint density at radius 3 is 2.24 bits per heavy atom. The van der Waals surface area contributed by atoms with Crippen LogP contribution in [0, 0.1) is 0 Å². The molecule has 154 valence electrons. The van der Waals surface area contributed by atoms with Crippen LogP contribution in [-0.2, 0) is 16.1 Å². The van der Waals surface area contributed by atoms with Crippen LogP contribution >= 0.6 is 0 Å². The first-order chi connectivity index (χ1) is 13.8. The molecule has 3 amide bonds. The van der Waals surface area contributed by atoms with Gasteiger partial charge >= 0.3 is 11.8 Å².